The van der Waals surface area contributed by atoms with Crippen molar-refractivity contribution in [3.05, 3.63) is 137 Å². The third-order valence-corrected chi connectivity index (χ3v) is 11.0. The molecule has 334 valence electrons. The fraction of sp³-hybridized carbons (Fsp3) is 0.319. The number of ether oxygens (including phenoxy) is 1. The molecule has 3 N–H and O–H groups in total. The zero-order valence-corrected chi connectivity index (χ0v) is 35.9. The molecule has 2 aliphatic heterocycles. The van der Waals surface area contributed by atoms with Crippen molar-refractivity contribution < 1.29 is 28.9 Å². The van der Waals surface area contributed by atoms with E-state index >= 15 is 0 Å². The Hall–Kier alpha value is -6.10. The van der Waals surface area contributed by atoms with Gasteiger partial charge in [-0.15, -0.1) is 0 Å². The second-order valence-corrected chi connectivity index (χ2v) is 14.7. The van der Waals surface area contributed by atoms with Crippen LogP contribution in [-0.2, 0) is 30.5 Å². The number of nitrogens with one attached hydrogen (secondary N) is 3. The number of carbonyl (C=O) groups is 3. The second kappa shape index (κ2) is 22.8. The van der Waals surface area contributed by atoms with Gasteiger partial charge in [-0.05, 0) is 78.6 Å². The van der Waals surface area contributed by atoms with Crippen LogP contribution in [0.2, 0.25) is 0 Å². The number of hydrogen-bond acceptors (Lipinski definition) is 9. The minimum atomic E-state index is -0.877. The molecule has 14 nitrogen and oxygen atoms in total. The molecule has 0 saturated carbocycles. The first-order valence-corrected chi connectivity index (χ1v) is 19.8. The summed E-state index contributed by atoms with van der Waals surface area (Å²) in [5.74, 6) is 1.15. The highest BCUT2D eigenvalue weighted by atomic mass is 32.1. The number of aromatic amines is 2. The first-order chi connectivity index (χ1) is 28.9. The molecule has 0 spiro atoms. The van der Waals surface area contributed by atoms with E-state index in [9.17, 15) is 14.4 Å². The minimum absolute atomic E-state index is 0. The maximum atomic E-state index is 13.9. The Labute approximate surface area is 382 Å². The number of allylic oxidation sites excluding steroid dienone is 1. The summed E-state index contributed by atoms with van der Waals surface area (Å²) in [5.41, 5.74) is 7.04. The van der Waals surface area contributed by atoms with E-state index in [-0.39, 0.29) is 65.7 Å². The van der Waals surface area contributed by atoms with Gasteiger partial charge in [-0.25, -0.2) is 19.8 Å². The molecule has 3 amide bonds. The SMILES string of the molecule is C.C.COOC=N[C@@H](C(=O)N1CCC[C@H]1c1nc2ccc(C=CCc3ccc4nc([C@@H]5CCCN5C(=O)[C@H](NC(=O)OC)c5ccccc5)[nH]c4c3)cc2[nH]1)c1ccccc1.S.S. The largest absolute Gasteiger partial charge is 0.453 e. The molecule has 2 saturated heterocycles. The van der Waals surface area contributed by atoms with Gasteiger partial charge in [-0.2, -0.15) is 31.9 Å². The first-order valence-electron chi connectivity index (χ1n) is 19.8. The van der Waals surface area contributed by atoms with E-state index in [1.165, 1.54) is 14.2 Å². The fourth-order valence-corrected chi connectivity index (χ4v) is 8.12. The van der Waals surface area contributed by atoms with Gasteiger partial charge in [0.05, 0.1) is 48.4 Å². The van der Waals surface area contributed by atoms with E-state index in [1.807, 2.05) is 83.8 Å². The van der Waals surface area contributed by atoms with Gasteiger partial charge in [-0.3, -0.25) is 9.59 Å². The first kappa shape index (κ1) is 49.6. The third kappa shape index (κ3) is 11.1. The van der Waals surface area contributed by atoms with Gasteiger partial charge >= 0.3 is 6.09 Å². The maximum Gasteiger partial charge on any atom is 0.407 e. The molecule has 6 aromatic rings. The molecule has 2 aliphatic rings. The summed E-state index contributed by atoms with van der Waals surface area (Å²) in [6.07, 6.45) is 8.64. The van der Waals surface area contributed by atoms with Crippen LogP contribution in [0.3, 0.4) is 0 Å². The number of hydrogen-bond donors (Lipinski definition) is 3. The number of alkyl carbamates (subject to hydrolysis) is 1. The molecule has 4 aromatic carbocycles. The third-order valence-electron chi connectivity index (χ3n) is 11.0. The predicted octanol–water partition coefficient (Wildman–Crippen LogP) is 8.96. The standard InChI is InChI=1S/C45H46N8O6.2CH4.2H2S/c1-57-45(56)51-40(32-16-7-4-8-17-32)44(55)53-25-11-19-38(53)42-48-34-23-21-30(27-36(34)50-42)13-9-12-29-20-22-33-35(26-29)49-41(47-33)37-18-10-24-52(37)43(54)39(46-28-59-58-2)31-14-5-3-6-15-31;;;;/h3-9,12,14-17,20-23,26-28,37-40H,10-11,13,18-19,24-25H2,1-2H3,(H,47,49)(H,48,50)(H,51,56);2*1H4;2*1H2/t37-,38-,39+,40+;;;;/m0..../s1. The highest BCUT2D eigenvalue weighted by Crippen LogP contribution is 2.36. The smallest absolute Gasteiger partial charge is 0.407 e. The van der Waals surface area contributed by atoms with Gasteiger partial charge in [0.15, 0.2) is 6.04 Å². The molecule has 4 heterocycles. The number of aliphatic imine (C=N–C) groups is 1. The van der Waals surface area contributed by atoms with Crippen LogP contribution in [0.4, 0.5) is 4.79 Å². The lowest BCUT2D eigenvalue weighted by atomic mass is 10.1. The van der Waals surface area contributed by atoms with Gasteiger partial charge in [0.1, 0.15) is 17.7 Å². The number of methoxy groups -OCH3 is 1. The number of aromatic nitrogens is 4. The number of amides is 3. The lowest BCUT2D eigenvalue weighted by Crippen LogP contribution is -2.42. The Balaban J connectivity index is 0.00000218. The molecule has 8 rings (SSSR count). The van der Waals surface area contributed by atoms with Crippen LogP contribution in [0, 0.1) is 0 Å². The van der Waals surface area contributed by atoms with Crippen LogP contribution in [0.1, 0.15) is 98.6 Å². The normalized spacial score (nSPS) is 16.8. The fourth-order valence-electron chi connectivity index (χ4n) is 8.12. The highest BCUT2D eigenvalue weighted by molar-refractivity contribution is 7.59. The summed E-state index contributed by atoms with van der Waals surface area (Å²) < 4.78 is 4.84. The van der Waals surface area contributed by atoms with Gasteiger partial charge in [0, 0.05) is 13.1 Å². The van der Waals surface area contributed by atoms with Crippen molar-refractivity contribution in [2.24, 2.45) is 4.99 Å². The number of likely N-dealkylation sites (tertiary alicyclic amines) is 2. The number of carbonyl (C=O) groups excluding carboxylic acids is 3. The number of benzene rings is 4. The minimum Gasteiger partial charge on any atom is -0.453 e. The molecule has 0 bridgehead atoms. The zero-order chi connectivity index (χ0) is 40.7. The van der Waals surface area contributed by atoms with Gasteiger partial charge < -0.3 is 34.7 Å². The van der Waals surface area contributed by atoms with Crippen molar-refractivity contribution in [3.63, 3.8) is 0 Å². The summed E-state index contributed by atoms with van der Waals surface area (Å²) >= 11 is 0. The van der Waals surface area contributed by atoms with E-state index in [4.69, 9.17) is 19.6 Å². The average molecular weight is 895 g/mol. The van der Waals surface area contributed by atoms with E-state index in [0.29, 0.717) is 25.1 Å². The number of imidazole rings is 2. The average Bonchev–Trinajstić information content (AvgIpc) is 4.10. The Morgan fingerprint density at radius 1 is 0.778 bits per heavy atom. The Kier molecular flexibility index (Phi) is 18.0. The van der Waals surface area contributed by atoms with Gasteiger partial charge in [0.2, 0.25) is 6.40 Å². The monoisotopic (exact) mass is 894 g/mol. The Bertz CT molecular complexity index is 2500. The van der Waals surface area contributed by atoms with Crippen LogP contribution >= 0.6 is 27.0 Å². The molecular weight excluding hydrogens is 837 g/mol. The van der Waals surface area contributed by atoms with Crippen molar-refractivity contribution in [2.75, 3.05) is 27.3 Å². The molecule has 0 unspecified atom stereocenters. The predicted molar refractivity (Wildman–Crippen MR) is 257 cm³/mol. The van der Waals surface area contributed by atoms with E-state index in [1.54, 1.807) is 4.90 Å². The summed E-state index contributed by atoms with van der Waals surface area (Å²) in [6, 6.07) is 28.8. The summed E-state index contributed by atoms with van der Waals surface area (Å²) in [6.45, 7) is 1.16. The second-order valence-electron chi connectivity index (χ2n) is 14.7. The lowest BCUT2D eigenvalue weighted by Gasteiger charge is -2.28. The number of nitrogens with zero attached hydrogens (tertiary/aromatic N) is 5. The van der Waals surface area contributed by atoms with Crippen molar-refractivity contribution in [2.45, 2.75) is 71.1 Å². The lowest BCUT2D eigenvalue weighted by molar-refractivity contribution is -0.188. The van der Waals surface area contributed by atoms with Gasteiger partial charge in [0.25, 0.3) is 11.8 Å². The molecule has 4 atom stereocenters. The summed E-state index contributed by atoms with van der Waals surface area (Å²) in [4.78, 5) is 74.5. The van der Waals surface area contributed by atoms with E-state index in [2.05, 4.69) is 55.5 Å². The molecular formula is C47H58N8O6S2. The Morgan fingerprint density at radius 3 is 1.95 bits per heavy atom. The Morgan fingerprint density at radius 2 is 1.35 bits per heavy atom. The topological polar surface area (TPSA) is 167 Å². The molecule has 0 aliphatic carbocycles. The highest BCUT2D eigenvalue weighted by Gasteiger charge is 2.38. The number of rotatable bonds is 13. The van der Waals surface area contributed by atoms with Crippen LogP contribution in [0.5, 0.6) is 0 Å². The molecule has 0 radical (unpaired) electrons. The maximum absolute atomic E-state index is 13.9. The zero-order valence-electron chi connectivity index (χ0n) is 33.9. The van der Waals surface area contributed by atoms with Crippen LogP contribution in [0.25, 0.3) is 28.1 Å². The van der Waals surface area contributed by atoms with Crippen LogP contribution in [0.15, 0.2) is 108 Å². The van der Waals surface area contributed by atoms with E-state index in [0.717, 1.165) is 82.5 Å². The molecule has 2 fully saturated rings. The van der Waals surface area contributed by atoms with Gasteiger partial charge in [-0.1, -0.05) is 99.8 Å². The summed E-state index contributed by atoms with van der Waals surface area (Å²) in [7, 11) is 2.67. The number of fused-ring (bicyclic) bond motifs is 2. The van der Waals surface area contributed by atoms with Crippen molar-refractivity contribution >= 4 is 79.4 Å². The van der Waals surface area contributed by atoms with Crippen molar-refractivity contribution in [1.29, 1.82) is 0 Å². The quantitative estimate of drug-likeness (QED) is 0.0447. The summed E-state index contributed by atoms with van der Waals surface area (Å²) in [5, 5.41) is 2.72. The van der Waals surface area contributed by atoms with Crippen molar-refractivity contribution in [3.8, 4) is 0 Å². The van der Waals surface area contributed by atoms with E-state index < -0.39 is 18.2 Å². The number of H-pyrrole nitrogens is 2. The molecule has 63 heavy (non-hydrogen) atoms. The van der Waals surface area contributed by atoms with Crippen LogP contribution < -0.4 is 5.32 Å². The van der Waals surface area contributed by atoms with Crippen LogP contribution in [-0.4, -0.2) is 81.4 Å². The molecule has 16 heteroatoms. The molecule has 2 aromatic heterocycles. The van der Waals surface area contributed by atoms with Crippen molar-refractivity contribution in [1.82, 2.24) is 35.1 Å².